The molecule has 3 N–H and O–H groups in total. The molecular formula is C23H24N2O5S. The quantitative estimate of drug-likeness (QED) is 0.530. The molecule has 4 rings (SSSR count). The van der Waals surface area contributed by atoms with Gasteiger partial charge < -0.3 is 25.1 Å². The van der Waals surface area contributed by atoms with Crippen molar-refractivity contribution < 1.29 is 24.1 Å². The number of amides is 1. The van der Waals surface area contributed by atoms with Gasteiger partial charge in [0.1, 0.15) is 22.9 Å². The number of benzene rings is 2. The summed E-state index contributed by atoms with van der Waals surface area (Å²) < 4.78 is 17.9. The van der Waals surface area contributed by atoms with E-state index in [0.717, 1.165) is 22.5 Å². The Kier molecular flexibility index (Phi) is 6.74. The number of ether oxygens (including phenoxy) is 3. The van der Waals surface area contributed by atoms with Gasteiger partial charge in [0.25, 0.3) is 5.91 Å². The van der Waals surface area contributed by atoms with E-state index in [9.17, 15) is 9.90 Å². The van der Waals surface area contributed by atoms with E-state index in [1.165, 1.54) is 5.38 Å². The summed E-state index contributed by atoms with van der Waals surface area (Å²) in [5.74, 6) is -0.644. The maximum Gasteiger partial charge on any atom is 0.268 e. The van der Waals surface area contributed by atoms with Gasteiger partial charge in [-0.3, -0.25) is 4.79 Å². The maximum atomic E-state index is 11.5. The van der Waals surface area contributed by atoms with Crippen molar-refractivity contribution in [3.63, 3.8) is 0 Å². The Morgan fingerprint density at radius 3 is 2.39 bits per heavy atom. The molecule has 162 valence electrons. The fourth-order valence-corrected chi connectivity index (χ4v) is 4.41. The highest BCUT2D eigenvalue weighted by molar-refractivity contribution is 7.10. The molecule has 2 heterocycles. The van der Waals surface area contributed by atoms with Crippen LogP contribution in [0.5, 0.6) is 0 Å². The SMILES string of the molecule is NC(=O)c1csc([C@@]2(O)CO[C@H](COCc3ccccc3)[C@H]2OCc2ccccc2)n1. The van der Waals surface area contributed by atoms with E-state index >= 15 is 0 Å². The third kappa shape index (κ3) is 5.00. The first-order chi connectivity index (χ1) is 15.1. The second-order valence-corrected chi connectivity index (χ2v) is 8.25. The molecule has 1 aromatic heterocycles. The second kappa shape index (κ2) is 9.67. The molecule has 3 atom stereocenters. The zero-order valence-corrected chi connectivity index (χ0v) is 17.7. The van der Waals surface area contributed by atoms with Crippen molar-refractivity contribution in [2.45, 2.75) is 31.0 Å². The third-order valence-corrected chi connectivity index (χ3v) is 6.13. The molecule has 8 heteroatoms. The zero-order chi connectivity index (χ0) is 21.7. The Bertz CT molecular complexity index is 997. The summed E-state index contributed by atoms with van der Waals surface area (Å²) in [6.45, 7) is 0.941. The van der Waals surface area contributed by atoms with Crippen LogP contribution in [-0.4, -0.2) is 41.4 Å². The Hall–Kier alpha value is -2.62. The van der Waals surface area contributed by atoms with E-state index in [4.69, 9.17) is 19.9 Å². The van der Waals surface area contributed by atoms with Crippen LogP contribution in [0.25, 0.3) is 0 Å². The molecule has 1 fully saturated rings. The summed E-state index contributed by atoms with van der Waals surface area (Å²) in [5, 5.41) is 13.3. The average Bonchev–Trinajstić information content (AvgIpc) is 3.41. The number of carbonyl (C=O) groups excluding carboxylic acids is 1. The number of nitrogens with two attached hydrogens (primary N) is 1. The Balaban J connectivity index is 1.50. The molecular weight excluding hydrogens is 416 g/mol. The first-order valence-corrected chi connectivity index (χ1v) is 10.8. The number of rotatable bonds is 9. The Morgan fingerprint density at radius 1 is 1.13 bits per heavy atom. The van der Waals surface area contributed by atoms with Crippen molar-refractivity contribution in [3.8, 4) is 0 Å². The zero-order valence-electron chi connectivity index (χ0n) is 16.8. The Morgan fingerprint density at radius 2 is 1.77 bits per heavy atom. The molecule has 1 aliphatic rings. The van der Waals surface area contributed by atoms with E-state index in [1.807, 2.05) is 60.7 Å². The maximum absolute atomic E-state index is 11.5. The van der Waals surface area contributed by atoms with Gasteiger partial charge in [0.15, 0.2) is 5.60 Å². The minimum Gasteiger partial charge on any atom is -0.377 e. The number of nitrogens with zero attached hydrogens (tertiary/aromatic N) is 1. The summed E-state index contributed by atoms with van der Waals surface area (Å²) in [6, 6.07) is 19.5. The number of carbonyl (C=O) groups is 1. The summed E-state index contributed by atoms with van der Waals surface area (Å²) >= 11 is 1.16. The van der Waals surface area contributed by atoms with Crippen molar-refractivity contribution in [1.29, 1.82) is 0 Å². The molecule has 0 bridgehead atoms. The smallest absolute Gasteiger partial charge is 0.268 e. The van der Waals surface area contributed by atoms with Gasteiger partial charge >= 0.3 is 0 Å². The van der Waals surface area contributed by atoms with Crippen molar-refractivity contribution >= 4 is 17.2 Å². The normalized spacial score (nSPS) is 23.1. The summed E-state index contributed by atoms with van der Waals surface area (Å²) in [7, 11) is 0. The summed E-state index contributed by atoms with van der Waals surface area (Å²) in [5.41, 5.74) is 5.95. The number of primary amides is 1. The van der Waals surface area contributed by atoms with Crippen molar-refractivity contribution in [1.82, 2.24) is 4.98 Å². The lowest BCUT2D eigenvalue weighted by Crippen LogP contribution is -2.44. The Labute approximate surface area is 184 Å². The van der Waals surface area contributed by atoms with Crippen LogP contribution in [0.1, 0.15) is 26.6 Å². The van der Waals surface area contributed by atoms with Gasteiger partial charge in [-0.2, -0.15) is 0 Å². The number of thiazole rings is 1. The minimum absolute atomic E-state index is 0.0163. The van der Waals surface area contributed by atoms with E-state index in [-0.39, 0.29) is 18.9 Å². The number of aliphatic hydroxyl groups is 1. The van der Waals surface area contributed by atoms with Crippen molar-refractivity contribution in [3.05, 3.63) is 87.9 Å². The van der Waals surface area contributed by atoms with Crippen LogP contribution in [0.15, 0.2) is 66.0 Å². The molecule has 7 nitrogen and oxygen atoms in total. The molecule has 31 heavy (non-hydrogen) atoms. The van der Waals surface area contributed by atoms with E-state index in [2.05, 4.69) is 4.98 Å². The fourth-order valence-electron chi connectivity index (χ4n) is 3.49. The van der Waals surface area contributed by atoms with E-state index < -0.39 is 23.7 Å². The highest BCUT2D eigenvalue weighted by atomic mass is 32.1. The molecule has 0 unspecified atom stereocenters. The predicted molar refractivity (Wildman–Crippen MR) is 115 cm³/mol. The summed E-state index contributed by atoms with van der Waals surface area (Å²) in [4.78, 5) is 15.7. The van der Waals surface area contributed by atoms with Gasteiger partial charge in [-0.1, -0.05) is 60.7 Å². The summed E-state index contributed by atoms with van der Waals surface area (Å²) in [6.07, 6.45) is -1.23. The van der Waals surface area contributed by atoms with Crippen LogP contribution in [0.4, 0.5) is 0 Å². The fraction of sp³-hybridized carbons (Fsp3) is 0.304. The third-order valence-electron chi connectivity index (χ3n) is 5.12. The molecule has 0 radical (unpaired) electrons. The van der Waals surface area contributed by atoms with Crippen LogP contribution in [0, 0.1) is 0 Å². The highest BCUT2D eigenvalue weighted by Gasteiger charge is 2.53. The molecule has 0 spiro atoms. The van der Waals surface area contributed by atoms with Crippen molar-refractivity contribution in [2.75, 3.05) is 13.2 Å². The first kappa shape index (κ1) is 21.6. The van der Waals surface area contributed by atoms with Crippen LogP contribution in [-0.2, 0) is 33.0 Å². The number of hydrogen-bond donors (Lipinski definition) is 2. The minimum atomic E-state index is -1.51. The molecule has 2 aromatic carbocycles. The first-order valence-electron chi connectivity index (χ1n) is 9.93. The van der Waals surface area contributed by atoms with Crippen LogP contribution in [0.2, 0.25) is 0 Å². The van der Waals surface area contributed by atoms with Gasteiger partial charge in [-0.15, -0.1) is 11.3 Å². The molecule has 1 saturated heterocycles. The molecule has 1 amide bonds. The van der Waals surface area contributed by atoms with Crippen LogP contribution < -0.4 is 5.73 Å². The predicted octanol–water partition coefficient (Wildman–Crippen LogP) is 2.63. The largest absolute Gasteiger partial charge is 0.377 e. The topological polar surface area (TPSA) is 104 Å². The molecule has 0 saturated carbocycles. The lowest BCUT2D eigenvalue weighted by atomic mass is 9.97. The van der Waals surface area contributed by atoms with Gasteiger partial charge in [0.2, 0.25) is 0 Å². The van der Waals surface area contributed by atoms with Gasteiger partial charge in [0, 0.05) is 5.38 Å². The molecule has 1 aliphatic heterocycles. The molecule has 0 aliphatic carbocycles. The van der Waals surface area contributed by atoms with Crippen LogP contribution >= 0.6 is 11.3 Å². The highest BCUT2D eigenvalue weighted by Crippen LogP contribution is 2.38. The van der Waals surface area contributed by atoms with Gasteiger partial charge in [-0.05, 0) is 11.1 Å². The van der Waals surface area contributed by atoms with Gasteiger partial charge in [0.05, 0.1) is 26.4 Å². The van der Waals surface area contributed by atoms with Gasteiger partial charge in [-0.25, -0.2) is 4.98 Å². The average molecular weight is 441 g/mol. The van der Waals surface area contributed by atoms with Crippen LogP contribution in [0.3, 0.4) is 0 Å². The second-order valence-electron chi connectivity index (χ2n) is 7.39. The van der Waals surface area contributed by atoms with Crippen molar-refractivity contribution in [2.24, 2.45) is 5.73 Å². The lowest BCUT2D eigenvalue weighted by molar-refractivity contribution is -0.111. The molecule has 3 aromatic rings. The monoisotopic (exact) mass is 440 g/mol. The van der Waals surface area contributed by atoms with E-state index in [1.54, 1.807) is 0 Å². The number of aromatic nitrogens is 1. The van der Waals surface area contributed by atoms with E-state index in [0.29, 0.717) is 18.2 Å². The standard InChI is InChI=1S/C23H24N2O5S/c24-21(26)18-14-31-22(25-18)23(27)15-30-19(13-28-11-16-7-3-1-4-8-16)20(23)29-12-17-9-5-2-6-10-17/h1-10,14,19-20,27H,11-13,15H2,(H2,24,26)/t19-,20-,23-/m1/s1. The number of hydrogen-bond acceptors (Lipinski definition) is 7. The lowest BCUT2D eigenvalue weighted by Gasteiger charge is -2.29.